The minimum atomic E-state index is -0.574. The second-order valence-corrected chi connectivity index (χ2v) is 3.84. The van der Waals surface area contributed by atoms with E-state index in [0.717, 1.165) is 11.8 Å². The Kier molecular flexibility index (Phi) is 3.30. The van der Waals surface area contributed by atoms with Gasteiger partial charge in [-0.3, -0.25) is 14.4 Å². The molecule has 72 valence electrons. The van der Waals surface area contributed by atoms with Crippen LogP contribution in [0.15, 0.2) is 0 Å². The molecule has 0 bridgehead atoms. The third-order valence-corrected chi connectivity index (χ3v) is 2.43. The lowest BCUT2D eigenvalue weighted by molar-refractivity contribution is -0.133. The molecule has 0 aliphatic carbocycles. The molecule has 1 rings (SSSR count). The Morgan fingerprint density at radius 3 is 2.92 bits per heavy atom. The van der Waals surface area contributed by atoms with Crippen molar-refractivity contribution in [3.8, 4) is 0 Å². The first-order valence-corrected chi connectivity index (χ1v) is 4.78. The topological polar surface area (TPSA) is 75.3 Å². The third kappa shape index (κ3) is 3.06. The van der Waals surface area contributed by atoms with Crippen molar-refractivity contribution in [2.45, 2.75) is 13.0 Å². The summed E-state index contributed by atoms with van der Waals surface area (Å²) in [6, 6.07) is -0.574. The summed E-state index contributed by atoms with van der Waals surface area (Å²) in [5.41, 5.74) is 0. The number of rotatable bonds is 2. The number of carbonyl (C=O) groups is 3. The highest BCUT2D eigenvalue weighted by atomic mass is 32.2. The van der Waals surface area contributed by atoms with Crippen LogP contribution in [0.5, 0.6) is 0 Å². The zero-order valence-corrected chi connectivity index (χ0v) is 7.94. The number of amides is 2. The van der Waals surface area contributed by atoms with Crippen LogP contribution in [0, 0.1) is 0 Å². The van der Waals surface area contributed by atoms with Crippen molar-refractivity contribution in [2.75, 3.05) is 12.3 Å². The molecule has 5 nitrogen and oxygen atoms in total. The van der Waals surface area contributed by atoms with E-state index in [1.54, 1.807) is 0 Å². The Morgan fingerprint density at radius 1 is 1.62 bits per heavy atom. The van der Waals surface area contributed by atoms with Crippen molar-refractivity contribution in [1.29, 1.82) is 0 Å². The fourth-order valence-electron chi connectivity index (χ4n) is 0.920. The minimum Gasteiger partial charge on any atom is -0.345 e. The maximum absolute atomic E-state index is 11.1. The zero-order chi connectivity index (χ0) is 9.84. The van der Waals surface area contributed by atoms with Crippen LogP contribution in [-0.4, -0.2) is 35.3 Å². The Morgan fingerprint density at radius 2 is 2.31 bits per heavy atom. The van der Waals surface area contributed by atoms with Crippen molar-refractivity contribution >= 4 is 28.7 Å². The molecule has 6 heteroatoms. The molecule has 0 aromatic carbocycles. The van der Waals surface area contributed by atoms with Gasteiger partial charge in [0.25, 0.3) is 0 Å². The predicted molar refractivity (Wildman–Crippen MR) is 48.1 cm³/mol. The van der Waals surface area contributed by atoms with Gasteiger partial charge >= 0.3 is 0 Å². The monoisotopic (exact) mass is 202 g/mol. The van der Waals surface area contributed by atoms with Gasteiger partial charge in [-0.05, 0) is 0 Å². The van der Waals surface area contributed by atoms with E-state index in [4.69, 9.17) is 0 Å². The van der Waals surface area contributed by atoms with E-state index in [9.17, 15) is 14.4 Å². The molecule has 1 aliphatic heterocycles. The first kappa shape index (κ1) is 10.0. The van der Waals surface area contributed by atoms with E-state index in [-0.39, 0.29) is 23.5 Å². The van der Waals surface area contributed by atoms with Gasteiger partial charge in [-0.1, -0.05) is 11.8 Å². The van der Waals surface area contributed by atoms with Crippen LogP contribution in [0.1, 0.15) is 6.92 Å². The highest BCUT2D eigenvalue weighted by Crippen LogP contribution is 2.05. The van der Waals surface area contributed by atoms with Crippen molar-refractivity contribution in [1.82, 2.24) is 10.6 Å². The SMILES string of the molecule is CC(=O)SCC1NC(=O)CNC1=O. The van der Waals surface area contributed by atoms with Crippen molar-refractivity contribution in [2.24, 2.45) is 0 Å². The Balaban J connectivity index is 2.42. The summed E-state index contributed by atoms with van der Waals surface area (Å²) < 4.78 is 0. The van der Waals surface area contributed by atoms with Gasteiger partial charge in [0.05, 0.1) is 6.54 Å². The van der Waals surface area contributed by atoms with Gasteiger partial charge in [-0.15, -0.1) is 0 Å². The van der Waals surface area contributed by atoms with E-state index in [1.807, 2.05) is 0 Å². The van der Waals surface area contributed by atoms with E-state index in [0.29, 0.717) is 5.75 Å². The van der Waals surface area contributed by atoms with Crippen LogP contribution >= 0.6 is 11.8 Å². The molecule has 0 saturated carbocycles. The van der Waals surface area contributed by atoms with Crippen LogP contribution in [0.2, 0.25) is 0 Å². The average molecular weight is 202 g/mol. The Hall–Kier alpha value is -1.04. The molecule has 1 heterocycles. The summed E-state index contributed by atoms with van der Waals surface area (Å²) in [4.78, 5) is 32.5. The molecule has 2 N–H and O–H groups in total. The van der Waals surface area contributed by atoms with Crippen LogP contribution < -0.4 is 10.6 Å². The Labute approximate surface area is 79.6 Å². The Bertz CT molecular complexity index is 254. The predicted octanol–water partition coefficient (Wildman–Crippen LogP) is -1.12. The molecule has 1 fully saturated rings. The lowest BCUT2D eigenvalue weighted by Crippen LogP contribution is -2.57. The second-order valence-electron chi connectivity index (χ2n) is 2.64. The summed E-state index contributed by atoms with van der Waals surface area (Å²) >= 11 is 1.03. The lowest BCUT2D eigenvalue weighted by Gasteiger charge is -2.22. The quantitative estimate of drug-likeness (QED) is 0.595. The van der Waals surface area contributed by atoms with Gasteiger partial charge in [0.15, 0.2) is 5.12 Å². The van der Waals surface area contributed by atoms with Crippen LogP contribution in [0.25, 0.3) is 0 Å². The molecular formula is C7H10N2O3S. The third-order valence-electron chi connectivity index (χ3n) is 1.53. The van der Waals surface area contributed by atoms with Crippen LogP contribution in [0.3, 0.4) is 0 Å². The number of nitrogens with one attached hydrogen (secondary N) is 2. The number of thioether (sulfide) groups is 1. The normalized spacial score (nSPS) is 22.1. The largest absolute Gasteiger partial charge is 0.345 e. The molecule has 13 heavy (non-hydrogen) atoms. The molecule has 2 amide bonds. The van der Waals surface area contributed by atoms with E-state index in [1.165, 1.54) is 6.92 Å². The minimum absolute atomic E-state index is 0.0278. The number of piperazine rings is 1. The smallest absolute Gasteiger partial charge is 0.243 e. The van der Waals surface area contributed by atoms with Gasteiger partial charge < -0.3 is 10.6 Å². The van der Waals surface area contributed by atoms with Gasteiger partial charge in [0, 0.05) is 12.7 Å². The first-order chi connectivity index (χ1) is 6.09. The maximum Gasteiger partial charge on any atom is 0.243 e. The molecule has 1 saturated heterocycles. The van der Waals surface area contributed by atoms with Crippen molar-refractivity contribution in [3.05, 3.63) is 0 Å². The summed E-state index contributed by atoms with van der Waals surface area (Å²) in [7, 11) is 0. The molecule has 1 atom stereocenters. The highest BCUT2D eigenvalue weighted by Gasteiger charge is 2.25. The van der Waals surface area contributed by atoms with Crippen molar-refractivity contribution < 1.29 is 14.4 Å². The summed E-state index contributed by atoms with van der Waals surface area (Å²) in [5, 5.41) is 4.87. The average Bonchev–Trinajstić information content (AvgIpc) is 2.06. The van der Waals surface area contributed by atoms with E-state index >= 15 is 0 Å². The van der Waals surface area contributed by atoms with Crippen LogP contribution in [0.4, 0.5) is 0 Å². The van der Waals surface area contributed by atoms with E-state index < -0.39 is 6.04 Å². The van der Waals surface area contributed by atoms with Gasteiger partial charge in [0.2, 0.25) is 11.8 Å². The number of hydrogen-bond donors (Lipinski definition) is 2. The molecule has 0 spiro atoms. The van der Waals surface area contributed by atoms with Gasteiger partial charge in [0.1, 0.15) is 6.04 Å². The van der Waals surface area contributed by atoms with Crippen LogP contribution in [-0.2, 0) is 14.4 Å². The zero-order valence-electron chi connectivity index (χ0n) is 7.12. The summed E-state index contributed by atoms with van der Waals surface area (Å²) in [5.74, 6) is -0.144. The second kappa shape index (κ2) is 4.27. The van der Waals surface area contributed by atoms with Gasteiger partial charge in [-0.25, -0.2) is 0 Å². The fourth-order valence-corrected chi connectivity index (χ4v) is 1.56. The van der Waals surface area contributed by atoms with E-state index in [2.05, 4.69) is 10.6 Å². The molecular weight excluding hydrogens is 192 g/mol. The standard InChI is InChI=1S/C7H10N2O3S/c1-4(10)13-3-5-7(12)8-2-6(11)9-5/h5H,2-3H2,1H3,(H,8,12)(H,9,11). The number of hydrogen-bond acceptors (Lipinski definition) is 4. The lowest BCUT2D eigenvalue weighted by atomic mass is 10.2. The molecule has 0 aromatic heterocycles. The molecule has 1 aliphatic rings. The first-order valence-electron chi connectivity index (χ1n) is 3.80. The molecule has 0 aromatic rings. The number of carbonyl (C=O) groups excluding carboxylic acids is 3. The molecule has 1 unspecified atom stereocenters. The molecule has 0 radical (unpaired) electrons. The summed E-state index contributed by atoms with van der Waals surface area (Å²) in [6.07, 6.45) is 0. The fraction of sp³-hybridized carbons (Fsp3) is 0.571. The van der Waals surface area contributed by atoms with Crippen molar-refractivity contribution in [3.63, 3.8) is 0 Å². The maximum atomic E-state index is 11.1. The summed E-state index contributed by atoms with van der Waals surface area (Å²) in [6.45, 7) is 1.45. The highest BCUT2D eigenvalue weighted by molar-refractivity contribution is 8.13. The van der Waals surface area contributed by atoms with Gasteiger partial charge in [-0.2, -0.15) is 0 Å².